The second kappa shape index (κ2) is 5.13. The lowest BCUT2D eigenvalue weighted by Gasteiger charge is -2.05. The highest BCUT2D eigenvalue weighted by atomic mass is 16.4. The lowest BCUT2D eigenvalue weighted by Crippen LogP contribution is -2.10. The number of amides is 1. The van der Waals surface area contributed by atoms with E-state index in [0.29, 0.717) is 17.1 Å². The van der Waals surface area contributed by atoms with E-state index in [-0.39, 0.29) is 5.69 Å². The van der Waals surface area contributed by atoms with Crippen molar-refractivity contribution in [1.29, 1.82) is 0 Å². The van der Waals surface area contributed by atoms with E-state index in [1.165, 1.54) is 12.1 Å². The number of hydrogen-bond acceptors (Lipinski definition) is 5. The van der Waals surface area contributed by atoms with Gasteiger partial charge in [0, 0.05) is 11.3 Å². The van der Waals surface area contributed by atoms with Gasteiger partial charge >= 0.3 is 5.97 Å². The van der Waals surface area contributed by atoms with Gasteiger partial charge in [-0.15, -0.1) is 10.2 Å². The van der Waals surface area contributed by atoms with Crippen molar-refractivity contribution in [3.63, 3.8) is 0 Å². The molecule has 2 rings (SSSR count). The Morgan fingerprint density at radius 3 is 2.21 bits per heavy atom. The van der Waals surface area contributed by atoms with Gasteiger partial charge in [0.25, 0.3) is 0 Å². The summed E-state index contributed by atoms with van der Waals surface area (Å²) >= 11 is 0. The van der Waals surface area contributed by atoms with E-state index in [9.17, 15) is 9.59 Å². The zero-order valence-electron chi connectivity index (χ0n) is 9.70. The highest BCUT2D eigenvalue weighted by Gasteiger charge is 2.05. The summed E-state index contributed by atoms with van der Waals surface area (Å²) in [5, 5.41) is 18.9. The zero-order chi connectivity index (χ0) is 13.8. The van der Waals surface area contributed by atoms with Crippen LogP contribution in [0.25, 0.3) is 0 Å². The number of carbonyl (C=O) groups is 2. The van der Waals surface area contributed by atoms with Crippen LogP contribution in [0.2, 0.25) is 0 Å². The second-order valence-corrected chi connectivity index (χ2v) is 3.68. The number of carboxylic acid groups (broad SMARTS) is 1. The van der Waals surface area contributed by atoms with Crippen LogP contribution in [-0.2, 0) is 0 Å². The van der Waals surface area contributed by atoms with E-state index in [1.54, 1.807) is 24.3 Å². The Balaban J connectivity index is 2.12. The molecule has 7 nitrogen and oxygen atoms in total. The molecule has 0 aliphatic heterocycles. The average molecular weight is 258 g/mol. The fraction of sp³-hybridized carbons (Fsp3) is 0. The summed E-state index contributed by atoms with van der Waals surface area (Å²) in [6.45, 7) is 0. The van der Waals surface area contributed by atoms with Crippen LogP contribution < -0.4 is 11.1 Å². The lowest BCUT2D eigenvalue weighted by molar-refractivity contribution is 0.0689. The molecular formula is C12H10N4O3. The highest BCUT2D eigenvalue weighted by molar-refractivity contribution is 5.93. The van der Waals surface area contributed by atoms with Gasteiger partial charge in [-0.2, -0.15) is 0 Å². The molecule has 96 valence electrons. The molecule has 0 aliphatic carbocycles. The van der Waals surface area contributed by atoms with Crippen molar-refractivity contribution in [2.45, 2.75) is 0 Å². The molecule has 0 saturated heterocycles. The van der Waals surface area contributed by atoms with Crippen molar-refractivity contribution in [2.24, 2.45) is 5.73 Å². The Morgan fingerprint density at radius 2 is 1.74 bits per heavy atom. The summed E-state index contributed by atoms with van der Waals surface area (Å²) in [6.07, 6.45) is 0. The Hall–Kier alpha value is -2.96. The van der Waals surface area contributed by atoms with E-state index >= 15 is 0 Å². The summed E-state index contributed by atoms with van der Waals surface area (Å²) in [5.41, 5.74) is 6.08. The van der Waals surface area contributed by atoms with Crippen LogP contribution in [0.4, 0.5) is 11.5 Å². The van der Waals surface area contributed by atoms with Crippen molar-refractivity contribution in [3.05, 3.63) is 47.7 Å². The molecule has 0 radical (unpaired) electrons. The molecule has 4 N–H and O–H groups in total. The highest BCUT2D eigenvalue weighted by Crippen LogP contribution is 2.14. The molecule has 0 spiro atoms. The first kappa shape index (κ1) is 12.5. The molecule has 19 heavy (non-hydrogen) atoms. The SMILES string of the molecule is NC(=O)c1ccc(Nc2ccc(C(=O)O)nn2)cc1. The van der Waals surface area contributed by atoms with Crippen LogP contribution in [0.1, 0.15) is 20.8 Å². The van der Waals surface area contributed by atoms with Crippen LogP contribution in [0.3, 0.4) is 0 Å². The van der Waals surface area contributed by atoms with Crippen molar-refractivity contribution in [1.82, 2.24) is 10.2 Å². The first-order valence-electron chi connectivity index (χ1n) is 5.30. The summed E-state index contributed by atoms with van der Waals surface area (Å²) in [6, 6.07) is 9.31. The number of rotatable bonds is 4. The molecule has 0 atom stereocenters. The third kappa shape index (κ3) is 3.03. The molecular weight excluding hydrogens is 248 g/mol. The smallest absolute Gasteiger partial charge is 0.356 e. The molecule has 0 unspecified atom stereocenters. The number of nitrogens with one attached hydrogen (secondary N) is 1. The Bertz CT molecular complexity index is 552. The molecule has 1 amide bonds. The first-order valence-corrected chi connectivity index (χ1v) is 5.30. The topological polar surface area (TPSA) is 118 Å². The molecule has 0 saturated carbocycles. The van der Waals surface area contributed by atoms with E-state index in [1.807, 2.05) is 0 Å². The molecule has 1 heterocycles. The van der Waals surface area contributed by atoms with Gasteiger partial charge in [-0.05, 0) is 36.4 Å². The molecule has 0 aliphatic rings. The number of benzene rings is 1. The predicted molar refractivity (Wildman–Crippen MR) is 67.2 cm³/mol. The van der Waals surface area contributed by atoms with Crippen LogP contribution in [0.15, 0.2) is 36.4 Å². The Kier molecular flexibility index (Phi) is 3.37. The third-order valence-electron chi connectivity index (χ3n) is 2.33. The minimum atomic E-state index is -1.13. The fourth-order valence-electron chi connectivity index (χ4n) is 1.38. The van der Waals surface area contributed by atoms with Gasteiger partial charge in [0.15, 0.2) is 11.5 Å². The summed E-state index contributed by atoms with van der Waals surface area (Å²) in [5.74, 6) is -1.24. The van der Waals surface area contributed by atoms with E-state index in [0.717, 1.165) is 0 Å². The minimum absolute atomic E-state index is 0.130. The van der Waals surface area contributed by atoms with Gasteiger partial charge in [0.05, 0.1) is 0 Å². The van der Waals surface area contributed by atoms with Crippen LogP contribution in [-0.4, -0.2) is 27.2 Å². The van der Waals surface area contributed by atoms with Crippen LogP contribution >= 0.6 is 0 Å². The maximum atomic E-state index is 10.9. The number of carbonyl (C=O) groups excluding carboxylic acids is 1. The van der Waals surface area contributed by atoms with Crippen molar-refractivity contribution in [3.8, 4) is 0 Å². The number of hydrogen-bond donors (Lipinski definition) is 3. The molecule has 7 heteroatoms. The number of nitrogens with zero attached hydrogens (tertiary/aromatic N) is 2. The van der Waals surface area contributed by atoms with Gasteiger partial charge < -0.3 is 16.2 Å². The summed E-state index contributed by atoms with van der Waals surface area (Å²) in [7, 11) is 0. The number of carboxylic acids is 1. The van der Waals surface area contributed by atoms with Gasteiger partial charge in [-0.3, -0.25) is 4.79 Å². The summed E-state index contributed by atoms with van der Waals surface area (Å²) in [4.78, 5) is 21.5. The molecule has 0 fully saturated rings. The molecule has 1 aromatic carbocycles. The molecule has 2 aromatic rings. The van der Waals surface area contributed by atoms with Crippen LogP contribution in [0, 0.1) is 0 Å². The van der Waals surface area contributed by atoms with Gasteiger partial charge in [-0.1, -0.05) is 0 Å². The van der Waals surface area contributed by atoms with Crippen molar-refractivity contribution in [2.75, 3.05) is 5.32 Å². The zero-order valence-corrected chi connectivity index (χ0v) is 9.70. The fourth-order valence-corrected chi connectivity index (χ4v) is 1.38. The quantitative estimate of drug-likeness (QED) is 0.753. The largest absolute Gasteiger partial charge is 0.476 e. The maximum absolute atomic E-state index is 10.9. The standard InChI is InChI=1S/C12H10N4O3/c13-11(17)7-1-3-8(4-2-7)14-10-6-5-9(12(18)19)15-16-10/h1-6H,(H2,13,17)(H,14,16)(H,18,19). The van der Waals surface area contributed by atoms with Gasteiger partial charge in [-0.25, -0.2) is 4.79 Å². The minimum Gasteiger partial charge on any atom is -0.476 e. The number of anilines is 2. The van der Waals surface area contributed by atoms with Gasteiger partial charge in [0.2, 0.25) is 5.91 Å². The predicted octanol–water partition coefficient (Wildman–Crippen LogP) is 1.02. The molecule has 0 bridgehead atoms. The number of nitrogens with two attached hydrogens (primary N) is 1. The van der Waals surface area contributed by atoms with Crippen molar-refractivity contribution < 1.29 is 14.7 Å². The second-order valence-electron chi connectivity index (χ2n) is 3.68. The lowest BCUT2D eigenvalue weighted by atomic mass is 10.2. The Labute approximate surface area is 108 Å². The number of primary amides is 1. The molecule has 1 aromatic heterocycles. The third-order valence-corrected chi connectivity index (χ3v) is 2.33. The maximum Gasteiger partial charge on any atom is 0.356 e. The monoisotopic (exact) mass is 258 g/mol. The van der Waals surface area contributed by atoms with E-state index in [4.69, 9.17) is 10.8 Å². The number of aromatic nitrogens is 2. The first-order chi connectivity index (χ1) is 9.06. The summed E-state index contributed by atoms with van der Waals surface area (Å²) < 4.78 is 0. The van der Waals surface area contributed by atoms with Crippen molar-refractivity contribution >= 4 is 23.4 Å². The average Bonchev–Trinajstić information content (AvgIpc) is 2.40. The van der Waals surface area contributed by atoms with Crippen LogP contribution in [0.5, 0.6) is 0 Å². The number of aromatic carboxylic acids is 1. The van der Waals surface area contributed by atoms with E-state index in [2.05, 4.69) is 15.5 Å². The normalized spacial score (nSPS) is 9.89. The van der Waals surface area contributed by atoms with Gasteiger partial charge in [0.1, 0.15) is 0 Å². The van der Waals surface area contributed by atoms with E-state index < -0.39 is 11.9 Å². The Morgan fingerprint density at radius 1 is 1.05 bits per heavy atom.